The second kappa shape index (κ2) is 7.31. The lowest BCUT2D eigenvalue weighted by Gasteiger charge is -2.29. The summed E-state index contributed by atoms with van der Waals surface area (Å²) in [4.78, 5) is 14.5. The topological polar surface area (TPSA) is 67.6 Å². The van der Waals surface area contributed by atoms with Gasteiger partial charge in [0.05, 0.1) is 28.8 Å². The highest BCUT2D eigenvalue weighted by atomic mass is 35.5. The number of benzene rings is 1. The maximum Gasteiger partial charge on any atom is 0.253 e. The molecule has 0 spiro atoms. The quantitative estimate of drug-likeness (QED) is 0.828. The molecule has 1 saturated heterocycles. The van der Waals surface area contributed by atoms with Crippen LogP contribution in [0.5, 0.6) is 0 Å². The molecule has 1 aromatic carbocycles. The summed E-state index contributed by atoms with van der Waals surface area (Å²) in [5.74, 6) is -0.269. The first-order valence-electron chi connectivity index (χ1n) is 6.83. The van der Waals surface area contributed by atoms with Crippen LogP contribution < -0.4 is 11.1 Å². The fraction of sp³-hybridized carbons (Fsp3) is 0.500. The number of nitrogens with two attached hydrogens (primary N) is 1. The van der Waals surface area contributed by atoms with Crippen molar-refractivity contribution in [1.82, 2.24) is 10.2 Å². The molecule has 1 aliphatic rings. The normalized spacial score (nSPS) is 17.5. The largest absolute Gasteiger partial charge is 0.399 e. The predicted octanol–water partition coefficient (Wildman–Crippen LogP) is 2.03. The third kappa shape index (κ3) is 4.48. The highest BCUT2D eigenvalue weighted by Gasteiger charge is 2.18. The van der Waals surface area contributed by atoms with E-state index < -0.39 is 0 Å². The van der Waals surface area contributed by atoms with E-state index in [0.29, 0.717) is 11.3 Å². The van der Waals surface area contributed by atoms with Crippen molar-refractivity contribution in [2.24, 2.45) is 0 Å². The van der Waals surface area contributed by atoms with Gasteiger partial charge in [-0.3, -0.25) is 9.69 Å². The van der Waals surface area contributed by atoms with E-state index in [1.165, 1.54) is 12.1 Å². The Morgan fingerprint density at radius 1 is 1.43 bits per heavy atom. The third-order valence-electron chi connectivity index (χ3n) is 3.31. The molecule has 5 nitrogen and oxygen atoms in total. The number of hydrogen-bond acceptors (Lipinski definition) is 4. The van der Waals surface area contributed by atoms with Crippen LogP contribution in [0.4, 0.5) is 5.69 Å². The van der Waals surface area contributed by atoms with Crippen LogP contribution in [0.3, 0.4) is 0 Å². The molecule has 1 heterocycles. The molecule has 1 amide bonds. The van der Waals surface area contributed by atoms with Gasteiger partial charge in [-0.25, -0.2) is 0 Å². The van der Waals surface area contributed by atoms with Gasteiger partial charge in [0.15, 0.2) is 0 Å². The Bertz CT molecular complexity index is 519. The highest BCUT2D eigenvalue weighted by molar-refractivity contribution is 6.44. The molecule has 1 aliphatic heterocycles. The van der Waals surface area contributed by atoms with E-state index in [2.05, 4.69) is 10.2 Å². The van der Waals surface area contributed by atoms with Crippen molar-refractivity contribution < 1.29 is 9.53 Å². The summed E-state index contributed by atoms with van der Waals surface area (Å²) < 4.78 is 5.30. The number of halogens is 2. The van der Waals surface area contributed by atoms with Crippen LogP contribution in [0.2, 0.25) is 10.0 Å². The second-order valence-corrected chi connectivity index (χ2v) is 5.94. The molecule has 1 atom stereocenters. The summed E-state index contributed by atoms with van der Waals surface area (Å²) in [5.41, 5.74) is 6.41. The average molecular weight is 332 g/mol. The Kier molecular flexibility index (Phi) is 5.70. The maximum absolute atomic E-state index is 12.3. The molecule has 1 unspecified atom stereocenters. The van der Waals surface area contributed by atoms with Crippen LogP contribution in [0, 0.1) is 0 Å². The van der Waals surface area contributed by atoms with Crippen molar-refractivity contribution in [2.45, 2.75) is 13.0 Å². The number of carbonyl (C=O) groups is 1. The number of nitrogen functional groups attached to an aromatic ring is 1. The minimum absolute atomic E-state index is 0.00753. The third-order valence-corrected chi connectivity index (χ3v) is 4.11. The van der Waals surface area contributed by atoms with Crippen molar-refractivity contribution in [3.63, 3.8) is 0 Å². The lowest BCUT2D eigenvalue weighted by Crippen LogP contribution is -2.46. The number of hydrogen-bond donors (Lipinski definition) is 2. The molecule has 1 aromatic rings. The van der Waals surface area contributed by atoms with Crippen molar-refractivity contribution in [3.8, 4) is 0 Å². The minimum Gasteiger partial charge on any atom is -0.399 e. The Labute approximate surface area is 134 Å². The smallest absolute Gasteiger partial charge is 0.253 e. The molecule has 116 valence electrons. The Balaban J connectivity index is 1.97. The standard InChI is InChI=1S/C14H19Cl2N3O2/c1-9(8-19-2-4-21-5-3-19)18-14(20)11-6-10(17)7-12(15)13(11)16/h6-7,9H,2-5,8,17H2,1H3,(H,18,20). The molecule has 0 aliphatic carbocycles. The number of nitrogens with zero attached hydrogens (tertiary/aromatic N) is 1. The monoisotopic (exact) mass is 331 g/mol. The Morgan fingerprint density at radius 2 is 2.10 bits per heavy atom. The molecule has 21 heavy (non-hydrogen) atoms. The molecular formula is C14H19Cl2N3O2. The summed E-state index contributed by atoms with van der Waals surface area (Å²) in [6.07, 6.45) is 0. The zero-order valence-corrected chi connectivity index (χ0v) is 13.4. The van der Waals surface area contributed by atoms with Crippen LogP contribution in [-0.4, -0.2) is 49.7 Å². The van der Waals surface area contributed by atoms with Gasteiger partial charge in [-0.2, -0.15) is 0 Å². The number of carbonyl (C=O) groups excluding carboxylic acids is 1. The number of ether oxygens (including phenoxy) is 1. The molecule has 1 fully saturated rings. The van der Waals surface area contributed by atoms with Crippen LogP contribution in [0.15, 0.2) is 12.1 Å². The van der Waals surface area contributed by atoms with E-state index >= 15 is 0 Å². The van der Waals surface area contributed by atoms with Gasteiger partial charge in [0.25, 0.3) is 5.91 Å². The molecule has 7 heteroatoms. The van der Waals surface area contributed by atoms with Gasteiger partial charge in [-0.1, -0.05) is 23.2 Å². The zero-order chi connectivity index (χ0) is 15.4. The summed E-state index contributed by atoms with van der Waals surface area (Å²) in [6, 6.07) is 3.05. The SMILES string of the molecule is CC(CN1CCOCC1)NC(=O)c1cc(N)cc(Cl)c1Cl. The lowest BCUT2D eigenvalue weighted by atomic mass is 10.1. The summed E-state index contributed by atoms with van der Waals surface area (Å²) in [5, 5.41) is 3.42. The first kappa shape index (κ1) is 16.4. The van der Waals surface area contributed by atoms with Crippen molar-refractivity contribution in [1.29, 1.82) is 0 Å². The number of nitrogens with one attached hydrogen (secondary N) is 1. The van der Waals surface area contributed by atoms with E-state index in [1.54, 1.807) is 0 Å². The summed E-state index contributed by atoms with van der Waals surface area (Å²) >= 11 is 12.0. The van der Waals surface area contributed by atoms with Crippen LogP contribution in [-0.2, 0) is 4.74 Å². The van der Waals surface area contributed by atoms with Gasteiger partial charge in [0, 0.05) is 31.4 Å². The number of rotatable bonds is 4. The van der Waals surface area contributed by atoms with Gasteiger partial charge in [0.2, 0.25) is 0 Å². The Hall–Kier alpha value is -1.01. The minimum atomic E-state index is -0.269. The average Bonchev–Trinajstić information content (AvgIpc) is 2.43. The number of morpholine rings is 1. The molecule has 0 bridgehead atoms. The molecule has 0 saturated carbocycles. The van der Waals surface area contributed by atoms with E-state index in [-0.39, 0.29) is 22.0 Å². The fourth-order valence-electron chi connectivity index (χ4n) is 2.29. The first-order chi connectivity index (χ1) is 9.97. The zero-order valence-electron chi connectivity index (χ0n) is 11.9. The number of anilines is 1. The van der Waals surface area contributed by atoms with Crippen LogP contribution in [0.1, 0.15) is 17.3 Å². The molecule has 3 N–H and O–H groups in total. The molecular weight excluding hydrogens is 313 g/mol. The maximum atomic E-state index is 12.3. The van der Waals surface area contributed by atoms with Gasteiger partial charge in [-0.05, 0) is 19.1 Å². The van der Waals surface area contributed by atoms with Gasteiger partial charge < -0.3 is 15.8 Å². The summed E-state index contributed by atoms with van der Waals surface area (Å²) in [7, 11) is 0. The van der Waals surface area contributed by atoms with E-state index in [4.69, 9.17) is 33.7 Å². The number of amides is 1. The van der Waals surface area contributed by atoms with Gasteiger partial charge >= 0.3 is 0 Å². The van der Waals surface area contributed by atoms with E-state index in [9.17, 15) is 4.79 Å². The molecule has 0 radical (unpaired) electrons. The van der Waals surface area contributed by atoms with Crippen LogP contribution >= 0.6 is 23.2 Å². The van der Waals surface area contributed by atoms with Crippen LogP contribution in [0.25, 0.3) is 0 Å². The first-order valence-corrected chi connectivity index (χ1v) is 7.58. The van der Waals surface area contributed by atoms with Crippen molar-refractivity contribution in [3.05, 3.63) is 27.7 Å². The van der Waals surface area contributed by atoms with E-state index in [1.807, 2.05) is 6.92 Å². The van der Waals surface area contributed by atoms with Crippen molar-refractivity contribution in [2.75, 3.05) is 38.6 Å². The predicted molar refractivity (Wildman–Crippen MR) is 85.1 cm³/mol. The van der Waals surface area contributed by atoms with Crippen molar-refractivity contribution >= 4 is 34.8 Å². The van der Waals surface area contributed by atoms with Gasteiger partial charge in [0.1, 0.15) is 0 Å². The molecule has 2 rings (SSSR count). The summed E-state index contributed by atoms with van der Waals surface area (Å²) in [6.45, 7) is 5.95. The van der Waals surface area contributed by atoms with E-state index in [0.717, 1.165) is 32.8 Å². The highest BCUT2D eigenvalue weighted by Crippen LogP contribution is 2.28. The second-order valence-electron chi connectivity index (χ2n) is 5.15. The lowest BCUT2D eigenvalue weighted by molar-refractivity contribution is 0.0342. The molecule has 0 aromatic heterocycles. The van der Waals surface area contributed by atoms with Gasteiger partial charge in [-0.15, -0.1) is 0 Å². The Morgan fingerprint density at radius 3 is 2.76 bits per heavy atom. The fourth-order valence-corrected chi connectivity index (χ4v) is 2.72.